The molecule has 0 bridgehead atoms. The van der Waals surface area contributed by atoms with Gasteiger partial charge in [0.2, 0.25) is 5.91 Å². The van der Waals surface area contributed by atoms with E-state index in [-0.39, 0.29) is 23.9 Å². The highest BCUT2D eigenvalue weighted by Crippen LogP contribution is 2.35. The Hall–Kier alpha value is -2.53. The van der Waals surface area contributed by atoms with Crippen LogP contribution in [0.4, 0.5) is 0 Å². The molecule has 1 aliphatic heterocycles. The summed E-state index contributed by atoms with van der Waals surface area (Å²) < 4.78 is 11.2. The summed E-state index contributed by atoms with van der Waals surface area (Å²) in [6, 6.07) is 13.2. The first-order valence-electron chi connectivity index (χ1n) is 11.3. The average Bonchev–Trinajstić information content (AvgIpc) is 2.77. The standard InChI is InChI=1S/C26H36N2O3/c1-7-22(27-26(29)17(2)3)25-21-15-24(31-6)23(30-5)14-20(21)12-13-28(25)16-19-10-8-18(4)9-11-19/h8-11,14-15,17,22,25H,7,12-13,16H2,1-6H3,(H,27,29)/p+1/t22-,25+/m0/s1. The molecule has 0 saturated carbocycles. The summed E-state index contributed by atoms with van der Waals surface area (Å²) >= 11 is 0. The number of carbonyl (C=O) groups excluding carboxylic acids is 1. The van der Waals surface area contributed by atoms with E-state index in [9.17, 15) is 4.79 Å². The predicted molar refractivity (Wildman–Crippen MR) is 124 cm³/mol. The van der Waals surface area contributed by atoms with E-state index in [0.717, 1.165) is 37.4 Å². The van der Waals surface area contributed by atoms with Crippen LogP contribution >= 0.6 is 0 Å². The number of quaternary nitrogens is 1. The fraction of sp³-hybridized carbons (Fsp3) is 0.500. The lowest BCUT2D eigenvalue weighted by Crippen LogP contribution is -3.13. The van der Waals surface area contributed by atoms with Crippen molar-refractivity contribution in [3.05, 3.63) is 58.7 Å². The maximum absolute atomic E-state index is 12.6. The molecule has 1 heterocycles. The first-order valence-corrected chi connectivity index (χ1v) is 11.3. The van der Waals surface area contributed by atoms with Gasteiger partial charge in [-0.15, -0.1) is 0 Å². The summed E-state index contributed by atoms with van der Waals surface area (Å²) in [7, 11) is 3.36. The van der Waals surface area contributed by atoms with Crippen molar-refractivity contribution in [3.8, 4) is 11.5 Å². The zero-order chi connectivity index (χ0) is 22.5. The van der Waals surface area contributed by atoms with Crippen molar-refractivity contribution in [1.29, 1.82) is 0 Å². The van der Waals surface area contributed by atoms with Crippen molar-refractivity contribution < 1.29 is 19.2 Å². The van der Waals surface area contributed by atoms with Gasteiger partial charge in [0, 0.05) is 23.5 Å². The van der Waals surface area contributed by atoms with Crippen molar-refractivity contribution in [1.82, 2.24) is 5.32 Å². The van der Waals surface area contributed by atoms with Gasteiger partial charge in [0.25, 0.3) is 0 Å². The Bertz CT molecular complexity index is 892. The molecule has 168 valence electrons. The summed E-state index contributed by atoms with van der Waals surface area (Å²) in [5, 5.41) is 3.34. The smallest absolute Gasteiger partial charge is 0.222 e. The molecule has 5 nitrogen and oxygen atoms in total. The SMILES string of the molecule is CC[C@H](NC(=O)C(C)C)[C@H]1c2cc(OC)c(OC)cc2CC[NH+]1Cc1ccc(C)cc1. The van der Waals surface area contributed by atoms with Gasteiger partial charge in [-0.25, -0.2) is 0 Å². The summed E-state index contributed by atoms with van der Waals surface area (Å²) in [6.07, 6.45) is 1.84. The highest BCUT2D eigenvalue weighted by atomic mass is 16.5. The molecule has 5 heteroatoms. The van der Waals surface area contributed by atoms with Crippen LogP contribution in [-0.2, 0) is 17.8 Å². The van der Waals surface area contributed by atoms with Crippen LogP contribution in [0, 0.1) is 12.8 Å². The molecule has 0 fully saturated rings. The molecule has 3 rings (SSSR count). The van der Waals surface area contributed by atoms with Gasteiger partial charge in [-0.2, -0.15) is 0 Å². The fourth-order valence-corrected chi connectivity index (χ4v) is 4.55. The molecular weight excluding hydrogens is 388 g/mol. The first-order chi connectivity index (χ1) is 14.9. The molecule has 2 aromatic carbocycles. The second-order valence-corrected chi connectivity index (χ2v) is 8.88. The van der Waals surface area contributed by atoms with Crippen molar-refractivity contribution in [2.24, 2.45) is 5.92 Å². The Morgan fingerprint density at radius 1 is 1.13 bits per heavy atom. The van der Waals surface area contributed by atoms with Crippen LogP contribution in [-0.4, -0.2) is 32.7 Å². The molecule has 1 aliphatic rings. The molecule has 1 amide bonds. The second-order valence-electron chi connectivity index (χ2n) is 8.88. The monoisotopic (exact) mass is 425 g/mol. The highest BCUT2D eigenvalue weighted by Gasteiger charge is 2.38. The molecule has 0 spiro atoms. The highest BCUT2D eigenvalue weighted by molar-refractivity contribution is 5.78. The molecule has 0 aromatic heterocycles. The Morgan fingerprint density at radius 2 is 1.77 bits per heavy atom. The molecule has 2 aromatic rings. The Balaban J connectivity index is 2.02. The van der Waals surface area contributed by atoms with E-state index in [1.807, 2.05) is 13.8 Å². The number of benzene rings is 2. The normalized spacial score (nSPS) is 18.9. The number of fused-ring (bicyclic) bond motifs is 1. The van der Waals surface area contributed by atoms with Crippen LogP contribution in [0.15, 0.2) is 36.4 Å². The van der Waals surface area contributed by atoms with Gasteiger partial charge in [-0.1, -0.05) is 50.6 Å². The van der Waals surface area contributed by atoms with Gasteiger partial charge in [0.15, 0.2) is 11.5 Å². The van der Waals surface area contributed by atoms with E-state index >= 15 is 0 Å². The average molecular weight is 426 g/mol. The van der Waals surface area contributed by atoms with Crippen LogP contribution in [0.1, 0.15) is 55.5 Å². The molecule has 0 saturated heterocycles. The Kier molecular flexibility index (Phi) is 7.60. The number of nitrogens with one attached hydrogen (secondary N) is 2. The second kappa shape index (κ2) is 10.2. The van der Waals surface area contributed by atoms with Crippen molar-refractivity contribution in [3.63, 3.8) is 0 Å². The number of rotatable bonds is 8. The minimum atomic E-state index is -0.0388. The number of carbonyl (C=O) groups is 1. The van der Waals surface area contributed by atoms with Gasteiger partial charge in [0.1, 0.15) is 12.6 Å². The first kappa shape index (κ1) is 23.1. The summed E-state index contributed by atoms with van der Waals surface area (Å²) in [5.74, 6) is 1.58. The quantitative estimate of drug-likeness (QED) is 0.683. The lowest BCUT2D eigenvalue weighted by atomic mass is 9.86. The van der Waals surface area contributed by atoms with E-state index in [2.05, 4.69) is 55.6 Å². The number of hydrogen-bond donors (Lipinski definition) is 2. The van der Waals surface area contributed by atoms with E-state index in [1.165, 1.54) is 27.2 Å². The predicted octanol–water partition coefficient (Wildman–Crippen LogP) is 3.25. The largest absolute Gasteiger partial charge is 0.493 e. The third-order valence-corrected chi connectivity index (χ3v) is 6.38. The number of aryl methyl sites for hydroxylation is 1. The third kappa shape index (κ3) is 5.21. The van der Waals surface area contributed by atoms with Gasteiger partial charge >= 0.3 is 0 Å². The molecule has 0 aliphatic carbocycles. The fourth-order valence-electron chi connectivity index (χ4n) is 4.55. The lowest BCUT2D eigenvalue weighted by molar-refractivity contribution is -0.948. The van der Waals surface area contributed by atoms with Gasteiger partial charge in [0.05, 0.1) is 26.8 Å². The molecule has 0 radical (unpaired) electrons. The summed E-state index contributed by atoms with van der Waals surface area (Å²) in [6.45, 7) is 10.1. The number of hydrogen-bond acceptors (Lipinski definition) is 3. The molecular formula is C26H37N2O3+. The lowest BCUT2D eigenvalue weighted by Gasteiger charge is -2.39. The van der Waals surface area contributed by atoms with Crippen LogP contribution < -0.4 is 19.7 Å². The minimum Gasteiger partial charge on any atom is -0.493 e. The van der Waals surface area contributed by atoms with Crippen LogP contribution in [0.5, 0.6) is 11.5 Å². The van der Waals surface area contributed by atoms with E-state index in [0.29, 0.717) is 0 Å². The van der Waals surface area contributed by atoms with Gasteiger partial charge < -0.3 is 19.7 Å². The third-order valence-electron chi connectivity index (χ3n) is 6.38. The van der Waals surface area contributed by atoms with E-state index in [4.69, 9.17) is 9.47 Å². The van der Waals surface area contributed by atoms with Crippen LogP contribution in [0.2, 0.25) is 0 Å². The maximum Gasteiger partial charge on any atom is 0.222 e. The zero-order valence-corrected chi connectivity index (χ0v) is 19.7. The Labute approximate surface area is 186 Å². The molecule has 31 heavy (non-hydrogen) atoms. The van der Waals surface area contributed by atoms with E-state index < -0.39 is 0 Å². The van der Waals surface area contributed by atoms with Gasteiger partial charge in [-0.05, 0) is 31.0 Å². The molecule has 3 atom stereocenters. The molecule has 1 unspecified atom stereocenters. The summed E-state index contributed by atoms with van der Waals surface area (Å²) in [5.41, 5.74) is 5.13. The van der Waals surface area contributed by atoms with Crippen molar-refractivity contribution in [2.75, 3.05) is 20.8 Å². The maximum atomic E-state index is 12.6. The Morgan fingerprint density at radius 3 is 2.35 bits per heavy atom. The molecule has 2 N–H and O–H groups in total. The van der Waals surface area contributed by atoms with Gasteiger partial charge in [-0.3, -0.25) is 4.79 Å². The summed E-state index contributed by atoms with van der Waals surface area (Å²) in [4.78, 5) is 14.1. The number of methoxy groups -OCH3 is 2. The van der Waals surface area contributed by atoms with Crippen molar-refractivity contribution in [2.45, 2.75) is 59.2 Å². The van der Waals surface area contributed by atoms with Crippen LogP contribution in [0.25, 0.3) is 0 Å². The topological polar surface area (TPSA) is 52.0 Å². The zero-order valence-electron chi connectivity index (χ0n) is 19.7. The van der Waals surface area contributed by atoms with Crippen molar-refractivity contribution >= 4 is 5.91 Å². The van der Waals surface area contributed by atoms with E-state index in [1.54, 1.807) is 14.2 Å². The number of amides is 1. The minimum absolute atomic E-state index is 0.0388. The number of ether oxygens (including phenoxy) is 2. The van der Waals surface area contributed by atoms with Crippen LogP contribution in [0.3, 0.4) is 0 Å².